The third-order valence-electron chi connectivity index (χ3n) is 2.33. The van der Waals surface area contributed by atoms with Crippen molar-refractivity contribution in [3.05, 3.63) is 10.4 Å². The van der Waals surface area contributed by atoms with Crippen molar-refractivity contribution in [1.82, 2.24) is 14.9 Å². The SMILES string of the molecule is CN1C(=O)CNC(=O)c2c1nc(Br)n2C. The molecule has 0 radical (unpaired) electrons. The van der Waals surface area contributed by atoms with Crippen LogP contribution in [0.5, 0.6) is 0 Å². The Bertz CT molecular complexity index is 454. The van der Waals surface area contributed by atoms with Crippen molar-refractivity contribution in [1.29, 1.82) is 0 Å². The third-order valence-corrected chi connectivity index (χ3v) is 3.04. The fourth-order valence-electron chi connectivity index (χ4n) is 1.42. The molecule has 0 atom stereocenters. The highest BCUT2D eigenvalue weighted by Gasteiger charge is 2.29. The summed E-state index contributed by atoms with van der Waals surface area (Å²) >= 11 is 3.21. The first-order valence-electron chi connectivity index (χ1n) is 4.29. The first kappa shape index (κ1) is 10.2. The van der Waals surface area contributed by atoms with Crippen LogP contribution in [0, 0.1) is 0 Å². The smallest absolute Gasteiger partial charge is 0.272 e. The van der Waals surface area contributed by atoms with Gasteiger partial charge in [0.05, 0.1) is 6.54 Å². The Hall–Kier alpha value is -1.37. The van der Waals surface area contributed by atoms with Gasteiger partial charge in [0.1, 0.15) is 0 Å². The standard InChI is InChI=1S/C8H9BrN4O2/c1-12-4(14)3-10-7(15)5-6(12)11-8(9)13(5)2/h3H2,1-2H3,(H,10,15). The summed E-state index contributed by atoms with van der Waals surface area (Å²) in [7, 11) is 3.31. The summed E-state index contributed by atoms with van der Waals surface area (Å²) < 4.78 is 2.11. The Balaban J connectivity index is 2.64. The number of nitrogens with zero attached hydrogens (tertiary/aromatic N) is 3. The highest BCUT2D eigenvalue weighted by molar-refractivity contribution is 9.10. The van der Waals surface area contributed by atoms with Gasteiger partial charge in [-0.05, 0) is 15.9 Å². The van der Waals surface area contributed by atoms with Crippen molar-refractivity contribution in [2.75, 3.05) is 18.5 Å². The molecule has 1 aliphatic rings. The molecule has 0 saturated heterocycles. The summed E-state index contributed by atoms with van der Waals surface area (Å²) in [6, 6.07) is 0. The Kier molecular flexibility index (Phi) is 2.26. The second-order valence-electron chi connectivity index (χ2n) is 3.25. The molecular formula is C8H9BrN4O2. The van der Waals surface area contributed by atoms with Crippen molar-refractivity contribution < 1.29 is 9.59 Å². The zero-order valence-corrected chi connectivity index (χ0v) is 9.83. The number of halogens is 1. The van der Waals surface area contributed by atoms with E-state index in [1.165, 1.54) is 4.90 Å². The van der Waals surface area contributed by atoms with Crippen molar-refractivity contribution >= 4 is 33.6 Å². The van der Waals surface area contributed by atoms with E-state index in [9.17, 15) is 9.59 Å². The minimum atomic E-state index is -0.289. The second-order valence-corrected chi connectivity index (χ2v) is 3.96. The fourth-order valence-corrected chi connectivity index (χ4v) is 1.77. The molecule has 0 aliphatic carbocycles. The van der Waals surface area contributed by atoms with Crippen molar-refractivity contribution in [2.45, 2.75) is 0 Å². The van der Waals surface area contributed by atoms with Crippen LogP contribution in [0.1, 0.15) is 10.5 Å². The van der Waals surface area contributed by atoms with Crippen LogP contribution in [0.3, 0.4) is 0 Å². The molecule has 2 amide bonds. The summed E-state index contributed by atoms with van der Waals surface area (Å²) in [6.07, 6.45) is 0. The maximum Gasteiger partial charge on any atom is 0.272 e. The first-order chi connectivity index (χ1) is 7.02. The molecule has 0 bridgehead atoms. The van der Waals surface area contributed by atoms with Gasteiger partial charge in [0.25, 0.3) is 5.91 Å². The lowest BCUT2D eigenvalue weighted by Crippen LogP contribution is -2.34. The molecule has 1 aromatic rings. The van der Waals surface area contributed by atoms with E-state index in [4.69, 9.17) is 0 Å². The molecule has 7 heteroatoms. The van der Waals surface area contributed by atoms with E-state index in [0.717, 1.165) is 0 Å². The molecule has 1 aromatic heterocycles. The average molecular weight is 273 g/mol. The van der Waals surface area contributed by atoms with Crippen molar-refractivity contribution in [2.24, 2.45) is 7.05 Å². The first-order valence-corrected chi connectivity index (χ1v) is 5.08. The highest BCUT2D eigenvalue weighted by Crippen LogP contribution is 2.24. The minimum absolute atomic E-state index is 0.00329. The molecule has 0 aromatic carbocycles. The number of hydrogen-bond donors (Lipinski definition) is 1. The van der Waals surface area contributed by atoms with Crippen molar-refractivity contribution in [3.8, 4) is 0 Å². The number of likely N-dealkylation sites (N-methyl/N-ethyl adjacent to an activating group) is 1. The van der Waals surface area contributed by atoms with E-state index in [1.807, 2.05) is 0 Å². The molecule has 2 heterocycles. The lowest BCUT2D eigenvalue weighted by molar-refractivity contribution is -0.117. The number of nitrogens with one attached hydrogen (secondary N) is 1. The van der Waals surface area contributed by atoms with Gasteiger partial charge in [0.2, 0.25) is 5.91 Å². The van der Waals surface area contributed by atoms with Gasteiger partial charge < -0.3 is 9.88 Å². The second kappa shape index (κ2) is 3.34. The monoisotopic (exact) mass is 272 g/mol. The van der Waals surface area contributed by atoms with Crippen LogP contribution < -0.4 is 10.2 Å². The molecule has 80 valence electrons. The van der Waals surface area contributed by atoms with Crippen LogP contribution in [0.2, 0.25) is 0 Å². The third kappa shape index (κ3) is 1.43. The van der Waals surface area contributed by atoms with Gasteiger partial charge in [-0.3, -0.25) is 14.5 Å². The van der Waals surface area contributed by atoms with Gasteiger partial charge in [-0.2, -0.15) is 0 Å². The molecule has 2 rings (SSSR count). The Morgan fingerprint density at radius 1 is 1.40 bits per heavy atom. The minimum Gasteiger partial charge on any atom is -0.342 e. The normalized spacial score (nSPS) is 16.1. The summed E-state index contributed by atoms with van der Waals surface area (Å²) in [4.78, 5) is 28.6. The number of anilines is 1. The maximum atomic E-state index is 11.7. The number of imidazole rings is 1. The Labute approximate surface area is 94.4 Å². The molecular weight excluding hydrogens is 264 g/mol. The van der Waals surface area contributed by atoms with Crippen LogP contribution in [-0.2, 0) is 11.8 Å². The molecule has 1 N–H and O–H groups in total. The average Bonchev–Trinajstić information content (AvgIpc) is 2.45. The molecule has 0 unspecified atom stereocenters. The van der Waals surface area contributed by atoms with Crippen LogP contribution in [-0.4, -0.2) is 35.0 Å². The molecule has 0 saturated carbocycles. The van der Waals surface area contributed by atoms with Crippen LogP contribution in [0.4, 0.5) is 5.82 Å². The quantitative estimate of drug-likeness (QED) is 0.717. The molecule has 0 fully saturated rings. The van der Waals surface area contributed by atoms with Gasteiger partial charge >= 0.3 is 0 Å². The number of aromatic nitrogens is 2. The van der Waals surface area contributed by atoms with E-state index in [0.29, 0.717) is 16.2 Å². The number of amides is 2. The number of carbonyl (C=O) groups excluding carboxylic acids is 2. The van der Waals surface area contributed by atoms with E-state index in [1.54, 1.807) is 18.7 Å². The zero-order chi connectivity index (χ0) is 11.2. The number of carbonyl (C=O) groups is 2. The van der Waals surface area contributed by atoms with Crippen LogP contribution >= 0.6 is 15.9 Å². The van der Waals surface area contributed by atoms with E-state index in [-0.39, 0.29) is 18.4 Å². The van der Waals surface area contributed by atoms with Gasteiger partial charge in [-0.25, -0.2) is 4.98 Å². The number of rotatable bonds is 0. The Morgan fingerprint density at radius 3 is 2.73 bits per heavy atom. The van der Waals surface area contributed by atoms with Gasteiger partial charge in [-0.15, -0.1) is 0 Å². The lowest BCUT2D eigenvalue weighted by atomic mass is 10.4. The van der Waals surface area contributed by atoms with Gasteiger partial charge in [-0.1, -0.05) is 0 Å². The molecule has 6 nitrogen and oxygen atoms in total. The van der Waals surface area contributed by atoms with Crippen LogP contribution in [0.15, 0.2) is 4.73 Å². The van der Waals surface area contributed by atoms with Crippen LogP contribution in [0.25, 0.3) is 0 Å². The lowest BCUT2D eigenvalue weighted by Gasteiger charge is -2.11. The highest BCUT2D eigenvalue weighted by atomic mass is 79.9. The van der Waals surface area contributed by atoms with Gasteiger partial charge in [0.15, 0.2) is 16.2 Å². The predicted octanol–water partition coefficient (Wildman–Crippen LogP) is -0.111. The summed E-state index contributed by atoms with van der Waals surface area (Å²) in [6.45, 7) is 0.00329. The van der Waals surface area contributed by atoms with E-state index >= 15 is 0 Å². The zero-order valence-electron chi connectivity index (χ0n) is 8.24. The summed E-state index contributed by atoms with van der Waals surface area (Å²) in [5.74, 6) is -0.0968. The number of hydrogen-bond acceptors (Lipinski definition) is 3. The van der Waals surface area contributed by atoms with E-state index < -0.39 is 0 Å². The maximum absolute atomic E-state index is 11.7. The molecule has 15 heavy (non-hydrogen) atoms. The predicted molar refractivity (Wildman–Crippen MR) is 56.7 cm³/mol. The summed E-state index contributed by atoms with van der Waals surface area (Å²) in [5, 5.41) is 2.52. The van der Waals surface area contributed by atoms with Gasteiger partial charge in [0, 0.05) is 14.1 Å². The van der Waals surface area contributed by atoms with Crippen molar-refractivity contribution in [3.63, 3.8) is 0 Å². The molecule has 0 spiro atoms. The Morgan fingerprint density at radius 2 is 2.07 bits per heavy atom. The molecule has 1 aliphatic heterocycles. The number of fused-ring (bicyclic) bond motifs is 1. The topological polar surface area (TPSA) is 67.2 Å². The summed E-state index contributed by atoms with van der Waals surface area (Å²) in [5.41, 5.74) is 0.384. The largest absolute Gasteiger partial charge is 0.342 e. The fraction of sp³-hybridized carbons (Fsp3) is 0.375. The van der Waals surface area contributed by atoms with E-state index in [2.05, 4.69) is 26.2 Å².